The second-order valence-corrected chi connectivity index (χ2v) is 8.30. The quantitative estimate of drug-likeness (QED) is 0.643. The first-order valence-electron chi connectivity index (χ1n) is 8.22. The van der Waals surface area contributed by atoms with Gasteiger partial charge in [-0.1, -0.05) is 25.4 Å². The molecule has 27 heavy (non-hydrogen) atoms. The van der Waals surface area contributed by atoms with E-state index in [1.807, 2.05) is 13.8 Å². The highest BCUT2D eigenvalue weighted by atomic mass is 35.5. The van der Waals surface area contributed by atoms with Crippen LogP contribution in [0.1, 0.15) is 13.8 Å². The first-order chi connectivity index (χ1) is 12.7. The highest BCUT2D eigenvalue weighted by Gasteiger charge is 2.15. The highest BCUT2D eigenvalue weighted by Crippen LogP contribution is 2.28. The van der Waals surface area contributed by atoms with E-state index in [0.29, 0.717) is 34.6 Å². The summed E-state index contributed by atoms with van der Waals surface area (Å²) >= 11 is 6.01. The van der Waals surface area contributed by atoms with Gasteiger partial charge in [0.1, 0.15) is 5.75 Å². The second-order valence-electron chi connectivity index (χ2n) is 6.21. The van der Waals surface area contributed by atoms with Crippen LogP contribution in [0.2, 0.25) is 5.02 Å². The van der Waals surface area contributed by atoms with Gasteiger partial charge in [0.2, 0.25) is 0 Å². The minimum atomic E-state index is -3.79. The van der Waals surface area contributed by atoms with Crippen molar-refractivity contribution >= 4 is 39.0 Å². The van der Waals surface area contributed by atoms with Crippen LogP contribution in [0.5, 0.6) is 5.75 Å². The lowest BCUT2D eigenvalue weighted by atomic mass is 10.2. The zero-order valence-electron chi connectivity index (χ0n) is 15.2. The average Bonchev–Trinajstić information content (AvgIpc) is 2.60. The summed E-state index contributed by atoms with van der Waals surface area (Å²) in [6.07, 6.45) is 0. The van der Waals surface area contributed by atoms with E-state index >= 15 is 0 Å². The Balaban J connectivity index is 2.06. The minimum Gasteiger partial charge on any atom is -0.495 e. The second kappa shape index (κ2) is 8.96. The van der Waals surface area contributed by atoms with E-state index in [9.17, 15) is 13.2 Å². The van der Waals surface area contributed by atoms with Crippen LogP contribution >= 0.6 is 11.6 Å². The maximum Gasteiger partial charge on any atom is 0.319 e. The van der Waals surface area contributed by atoms with E-state index in [-0.39, 0.29) is 10.9 Å². The molecule has 0 atom stereocenters. The van der Waals surface area contributed by atoms with E-state index in [4.69, 9.17) is 16.3 Å². The molecule has 0 fully saturated rings. The molecule has 0 bridgehead atoms. The third kappa shape index (κ3) is 6.04. The van der Waals surface area contributed by atoms with Crippen LogP contribution in [0.25, 0.3) is 0 Å². The van der Waals surface area contributed by atoms with E-state index < -0.39 is 10.0 Å². The van der Waals surface area contributed by atoms with Crippen LogP contribution in [0.3, 0.4) is 0 Å². The molecule has 2 aromatic rings. The van der Waals surface area contributed by atoms with Gasteiger partial charge in [-0.15, -0.1) is 0 Å². The third-order valence-corrected chi connectivity index (χ3v) is 5.19. The van der Waals surface area contributed by atoms with Crippen LogP contribution in [-0.2, 0) is 10.0 Å². The fourth-order valence-electron chi connectivity index (χ4n) is 2.13. The molecule has 0 saturated carbocycles. The van der Waals surface area contributed by atoms with Gasteiger partial charge < -0.3 is 15.4 Å². The summed E-state index contributed by atoms with van der Waals surface area (Å²) in [7, 11) is -2.32. The van der Waals surface area contributed by atoms with Crippen LogP contribution in [0, 0.1) is 5.92 Å². The van der Waals surface area contributed by atoms with Gasteiger partial charge in [-0.25, -0.2) is 13.2 Å². The number of urea groups is 1. The molecule has 0 aliphatic rings. The van der Waals surface area contributed by atoms with Crippen molar-refractivity contribution < 1.29 is 17.9 Å². The van der Waals surface area contributed by atoms with E-state index in [1.165, 1.54) is 37.4 Å². The molecule has 0 unspecified atom stereocenters. The Kier molecular flexibility index (Phi) is 6.92. The fourth-order valence-corrected chi connectivity index (χ4v) is 3.44. The summed E-state index contributed by atoms with van der Waals surface area (Å²) in [4.78, 5) is 11.8. The number of sulfonamides is 1. The van der Waals surface area contributed by atoms with Gasteiger partial charge in [0, 0.05) is 12.2 Å². The number of carbonyl (C=O) groups excluding carboxylic acids is 1. The predicted octanol–water partition coefficient (Wildman–Crippen LogP) is 3.93. The van der Waals surface area contributed by atoms with Crippen molar-refractivity contribution in [3.05, 3.63) is 47.5 Å². The molecule has 7 nitrogen and oxygen atoms in total. The molecule has 0 radical (unpaired) electrons. The Labute approximate surface area is 164 Å². The number of benzene rings is 2. The number of rotatable bonds is 7. The van der Waals surface area contributed by atoms with Crippen LogP contribution < -0.4 is 20.1 Å². The summed E-state index contributed by atoms with van der Waals surface area (Å²) in [5, 5.41) is 5.66. The molecular formula is C18H22ClN3O4S. The molecule has 0 heterocycles. The molecule has 2 rings (SSSR count). The van der Waals surface area contributed by atoms with Gasteiger partial charge in [-0.3, -0.25) is 4.72 Å². The molecule has 0 spiro atoms. The molecule has 2 aromatic carbocycles. The number of amides is 2. The number of methoxy groups -OCH3 is 1. The largest absolute Gasteiger partial charge is 0.495 e. The SMILES string of the molecule is COc1ccc(NS(=O)(=O)c2ccc(NC(=O)NCC(C)C)cc2)cc1Cl. The van der Waals surface area contributed by atoms with E-state index in [0.717, 1.165) is 0 Å². The van der Waals surface area contributed by atoms with Gasteiger partial charge in [0.15, 0.2) is 0 Å². The summed E-state index contributed by atoms with van der Waals surface area (Å²) in [5.74, 6) is 0.784. The number of hydrogen-bond acceptors (Lipinski definition) is 4. The zero-order chi connectivity index (χ0) is 20.0. The lowest BCUT2D eigenvalue weighted by Gasteiger charge is -2.11. The lowest BCUT2D eigenvalue weighted by Crippen LogP contribution is -2.31. The molecule has 0 aliphatic carbocycles. The Morgan fingerprint density at radius 3 is 2.30 bits per heavy atom. The van der Waals surface area contributed by atoms with Gasteiger partial charge >= 0.3 is 6.03 Å². The molecule has 2 amide bonds. The Morgan fingerprint density at radius 2 is 1.74 bits per heavy atom. The number of ether oxygens (including phenoxy) is 1. The Hall–Kier alpha value is -2.45. The van der Waals surface area contributed by atoms with Gasteiger partial charge in [-0.05, 0) is 48.4 Å². The topological polar surface area (TPSA) is 96.5 Å². The summed E-state index contributed by atoms with van der Waals surface area (Å²) < 4.78 is 32.5. The van der Waals surface area contributed by atoms with Gasteiger partial charge in [-0.2, -0.15) is 0 Å². The van der Waals surface area contributed by atoms with Gasteiger partial charge in [0.05, 0.1) is 22.7 Å². The van der Waals surface area contributed by atoms with E-state index in [2.05, 4.69) is 15.4 Å². The molecule has 3 N–H and O–H groups in total. The Bertz CT molecular complexity index is 899. The lowest BCUT2D eigenvalue weighted by molar-refractivity contribution is 0.251. The molecule has 146 valence electrons. The van der Waals surface area contributed by atoms with Crippen LogP contribution in [-0.4, -0.2) is 28.1 Å². The molecule has 0 aromatic heterocycles. The van der Waals surface area contributed by atoms with Crippen molar-refractivity contribution in [1.29, 1.82) is 0 Å². The highest BCUT2D eigenvalue weighted by molar-refractivity contribution is 7.92. The molecular weight excluding hydrogens is 390 g/mol. The summed E-state index contributed by atoms with van der Waals surface area (Å²) in [6, 6.07) is 10.1. The van der Waals surface area contributed by atoms with Crippen molar-refractivity contribution in [2.75, 3.05) is 23.7 Å². The number of hydrogen-bond donors (Lipinski definition) is 3. The van der Waals surface area contributed by atoms with Crippen molar-refractivity contribution in [3.63, 3.8) is 0 Å². The predicted molar refractivity (Wildman–Crippen MR) is 107 cm³/mol. The number of nitrogens with one attached hydrogen (secondary N) is 3. The molecule has 9 heteroatoms. The Morgan fingerprint density at radius 1 is 1.11 bits per heavy atom. The first kappa shape index (κ1) is 20.9. The van der Waals surface area contributed by atoms with Crippen molar-refractivity contribution in [2.24, 2.45) is 5.92 Å². The number of halogens is 1. The molecule has 0 aliphatic heterocycles. The standard InChI is InChI=1S/C18H22ClN3O4S/c1-12(2)11-20-18(23)21-13-4-7-15(8-5-13)27(24,25)22-14-6-9-17(26-3)16(19)10-14/h4-10,12,22H,11H2,1-3H3,(H2,20,21,23). The summed E-state index contributed by atoms with van der Waals surface area (Å²) in [5.41, 5.74) is 0.804. The van der Waals surface area contributed by atoms with Crippen LogP contribution in [0.4, 0.5) is 16.2 Å². The fraction of sp³-hybridized carbons (Fsp3) is 0.278. The van der Waals surface area contributed by atoms with Crippen molar-refractivity contribution in [1.82, 2.24) is 5.32 Å². The summed E-state index contributed by atoms with van der Waals surface area (Å²) in [6.45, 7) is 4.53. The molecule has 0 saturated heterocycles. The smallest absolute Gasteiger partial charge is 0.319 e. The third-order valence-electron chi connectivity index (χ3n) is 3.50. The normalized spacial score (nSPS) is 11.1. The van der Waals surface area contributed by atoms with Crippen LogP contribution in [0.15, 0.2) is 47.4 Å². The van der Waals surface area contributed by atoms with Crippen molar-refractivity contribution in [2.45, 2.75) is 18.7 Å². The maximum atomic E-state index is 12.5. The number of carbonyl (C=O) groups is 1. The zero-order valence-corrected chi connectivity index (χ0v) is 16.8. The maximum absolute atomic E-state index is 12.5. The van der Waals surface area contributed by atoms with Crippen molar-refractivity contribution in [3.8, 4) is 5.75 Å². The average molecular weight is 412 g/mol. The monoisotopic (exact) mass is 411 g/mol. The van der Waals surface area contributed by atoms with Gasteiger partial charge in [0.25, 0.3) is 10.0 Å². The van der Waals surface area contributed by atoms with E-state index in [1.54, 1.807) is 12.1 Å². The minimum absolute atomic E-state index is 0.0579. The first-order valence-corrected chi connectivity index (χ1v) is 10.1. The number of anilines is 2.